The highest BCUT2D eigenvalue weighted by Crippen LogP contribution is 2.31. The minimum atomic E-state index is 0.175. The van der Waals surface area contributed by atoms with Gasteiger partial charge in [-0.3, -0.25) is 0 Å². The summed E-state index contributed by atoms with van der Waals surface area (Å²) in [5.74, 6) is 1.53. The van der Waals surface area contributed by atoms with Crippen LogP contribution in [0.15, 0.2) is 28.9 Å². The number of nitrogens with two attached hydrogens (primary N) is 1. The molecule has 0 saturated heterocycles. The van der Waals surface area contributed by atoms with Gasteiger partial charge in [-0.15, -0.1) is 0 Å². The van der Waals surface area contributed by atoms with E-state index in [2.05, 4.69) is 32.8 Å². The second kappa shape index (κ2) is 5.88. The standard InChI is InChI=1S/C13H14BrN3O2/c1-3-8-4-5-9(10(6-8)18-2)19-13-16-11(14)7-12(15)17-13/h4-7H,3H2,1-2H3,(H2,15,16,17). The molecule has 1 heterocycles. The van der Waals surface area contributed by atoms with Gasteiger partial charge < -0.3 is 15.2 Å². The quantitative estimate of drug-likeness (QED) is 0.875. The zero-order valence-electron chi connectivity index (χ0n) is 10.7. The number of benzene rings is 1. The molecule has 2 rings (SSSR count). The summed E-state index contributed by atoms with van der Waals surface area (Å²) in [7, 11) is 1.60. The highest BCUT2D eigenvalue weighted by Gasteiger charge is 2.09. The molecule has 1 aromatic heterocycles. The number of anilines is 1. The Morgan fingerprint density at radius 2 is 2.00 bits per heavy atom. The maximum Gasteiger partial charge on any atom is 0.325 e. The Labute approximate surface area is 119 Å². The molecule has 0 aliphatic rings. The number of halogens is 1. The fraction of sp³-hybridized carbons (Fsp3) is 0.231. The number of aromatic nitrogens is 2. The predicted octanol–water partition coefficient (Wildman–Crippen LogP) is 3.18. The lowest BCUT2D eigenvalue weighted by Gasteiger charge is -2.10. The van der Waals surface area contributed by atoms with E-state index in [0.29, 0.717) is 21.9 Å². The summed E-state index contributed by atoms with van der Waals surface area (Å²) in [6, 6.07) is 7.51. The molecule has 0 bridgehead atoms. The van der Waals surface area contributed by atoms with Crippen LogP contribution in [0.3, 0.4) is 0 Å². The van der Waals surface area contributed by atoms with Gasteiger partial charge in [0.25, 0.3) is 0 Å². The maximum absolute atomic E-state index is 5.64. The van der Waals surface area contributed by atoms with Crippen LogP contribution in [0.2, 0.25) is 0 Å². The van der Waals surface area contributed by atoms with Crippen LogP contribution in [-0.2, 0) is 6.42 Å². The van der Waals surface area contributed by atoms with Crippen LogP contribution < -0.4 is 15.2 Å². The van der Waals surface area contributed by atoms with Crippen molar-refractivity contribution in [3.8, 4) is 17.5 Å². The van der Waals surface area contributed by atoms with Crippen molar-refractivity contribution >= 4 is 21.7 Å². The average Bonchev–Trinajstić information content (AvgIpc) is 2.38. The van der Waals surface area contributed by atoms with Crippen LogP contribution in [0.4, 0.5) is 5.82 Å². The van der Waals surface area contributed by atoms with Gasteiger partial charge in [-0.25, -0.2) is 0 Å². The van der Waals surface area contributed by atoms with Crippen LogP contribution >= 0.6 is 15.9 Å². The minimum Gasteiger partial charge on any atom is -0.493 e. The van der Waals surface area contributed by atoms with Gasteiger partial charge in [0, 0.05) is 6.07 Å². The number of nitrogen functional groups attached to an aromatic ring is 1. The third-order valence-corrected chi connectivity index (χ3v) is 2.94. The summed E-state index contributed by atoms with van der Waals surface area (Å²) in [5, 5.41) is 0. The first-order chi connectivity index (χ1) is 9.12. The van der Waals surface area contributed by atoms with Crippen LogP contribution in [0.5, 0.6) is 17.5 Å². The molecular weight excluding hydrogens is 310 g/mol. The lowest BCUT2D eigenvalue weighted by Crippen LogP contribution is -1.98. The van der Waals surface area contributed by atoms with E-state index in [9.17, 15) is 0 Å². The molecule has 0 spiro atoms. The Bertz CT molecular complexity index is 570. The topological polar surface area (TPSA) is 70.3 Å². The van der Waals surface area contributed by atoms with Crippen LogP contribution in [0, 0.1) is 0 Å². The molecule has 0 atom stereocenters. The molecule has 19 heavy (non-hydrogen) atoms. The number of hydrogen-bond acceptors (Lipinski definition) is 5. The van der Waals surface area contributed by atoms with E-state index in [4.69, 9.17) is 15.2 Å². The van der Waals surface area contributed by atoms with E-state index < -0.39 is 0 Å². The monoisotopic (exact) mass is 323 g/mol. The molecule has 0 fully saturated rings. The lowest BCUT2D eigenvalue weighted by atomic mass is 10.1. The second-order valence-electron chi connectivity index (χ2n) is 3.84. The largest absolute Gasteiger partial charge is 0.493 e. The fourth-order valence-electron chi connectivity index (χ4n) is 1.57. The van der Waals surface area contributed by atoms with Gasteiger partial charge in [-0.2, -0.15) is 9.97 Å². The lowest BCUT2D eigenvalue weighted by molar-refractivity contribution is 0.367. The Balaban J connectivity index is 2.32. The van der Waals surface area contributed by atoms with Gasteiger partial charge in [0.1, 0.15) is 10.4 Å². The van der Waals surface area contributed by atoms with E-state index in [1.54, 1.807) is 13.2 Å². The van der Waals surface area contributed by atoms with Gasteiger partial charge >= 0.3 is 6.01 Å². The number of ether oxygens (including phenoxy) is 2. The van der Waals surface area contributed by atoms with Crippen molar-refractivity contribution in [2.45, 2.75) is 13.3 Å². The Morgan fingerprint density at radius 3 is 2.63 bits per heavy atom. The molecule has 100 valence electrons. The second-order valence-corrected chi connectivity index (χ2v) is 4.65. The van der Waals surface area contributed by atoms with Crippen LogP contribution in [0.1, 0.15) is 12.5 Å². The fourth-order valence-corrected chi connectivity index (χ4v) is 1.96. The number of hydrogen-bond donors (Lipinski definition) is 1. The number of aryl methyl sites for hydroxylation is 1. The van der Waals surface area contributed by atoms with Crippen molar-refractivity contribution in [3.63, 3.8) is 0 Å². The predicted molar refractivity (Wildman–Crippen MR) is 76.6 cm³/mol. The normalized spacial score (nSPS) is 10.3. The van der Waals surface area contributed by atoms with Crippen molar-refractivity contribution in [1.29, 1.82) is 0 Å². The summed E-state index contributed by atoms with van der Waals surface area (Å²) >= 11 is 3.24. The highest BCUT2D eigenvalue weighted by molar-refractivity contribution is 9.10. The molecule has 1 aromatic carbocycles. The van der Waals surface area contributed by atoms with Gasteiger partial charge in [0.15, 0.2) is 11.5 Å². The third-order valence-electron chi connectivity index (χ3n) is 2.53. The Hall–Kier alpha value is -1.82. The van der Waals surface area contributed by atoms with Gasteiger partial charge in [-0.1, -0.05) is 13.0 Å². The van der Waals surface area contributed by atoms with Crippen LogP contribution in [0.25, 0.3) is 0 Å². The molecule has 0 aliphatic heterocycles. The summed E-state index contributed by atoms with van der Waals surface area (Å²) in [6.45, 7) is 2.08. The summed E-state index contributed by atoms with van der Waals surface area (Å²) < 4.78 is 11.5. The van der Waals surface area contributed by atoms with E-state index in [1.807, 2.05) is 18.2 Å². The van der Waals surface area contributed by atoms with Crippen molar-refractivity contribution < 1.29 is 9.47 Å². The zero-order valence-corrected chi connectivity index (χ0v) is 12.3. The molecule has 0 unspecified atom stereocenters. The van der Waals surface area contributed by atoms with E-state index in [-0.39, 0.29) is 6.01 Å². The molecule has 5 nitrogen and oxygen atoms in total. The summed E-state index contributed by atoms with van der Waals surface area (Å²) in [6.07, 6.45) is 0.928. The van der Waals surface area contributed by atoms with E-state index >= 15 is 0 Å². The molecule has 0 amide bonds. The van der Waals surface area contributed by atoms with Crippen molar-refractivity contribution in [2.75, 3.05) is 12.8 Å². The molecule has 0 aliphatic carbocycles. The minimum absolute atomic E-state index is 0.175. The number of methoxy groups -OCH3 is 1. The molecular formula is C13H14BrN3O2. The van der Waals surface area contributed by atoms with Crippen molar-refractivity contribution in [3.05, 3.63) is 34.4 Å². The molecule has 0 radical (unpaired) electrons. The first kappa shape index (κ1) is 13.6. The van der Waals surface area contributed by atoms with Gasteiger partial charge in [0.05, 0.1) is 7.11 Å². The molecule has 2 N–H and O–H groups in total. The highest BCUT2D eigenvalue weighted by atomic mass is 79.9. The molecule has 6 heteroatoms. The van der Waals surface area contributed by atoms with Crippen LogP contribution in [-0.4, -0.2) is 17.1 Å². The average molecular weight is 324 g/mol. The van der Waals surface area contributed by atoms with Crippen molar-refractivity contribution in [1.82, 2.24) is 9.97 Å². The summed E-state index contributed by atoms with van der Waals surface area (Å²) in [5.41, 5.74) is 6.80. The van der Waals surface area contributed by atoms with Gasteiger partial charge in [0.2, 0.25) is 0 Å². The third kappa shape index (κ3) is 3.35. The molecule has 2 aromatic rings. The smallest absolute Gasteiger partial charge is 0.325 e. The Kier molecular flexibility index (Phi) is 4.21. The van der Waals surface area contributed by atoms with Crippen molar-refractivity contribution in [2.24, 2.45) is 0 Å². The van der Waals surface area contributed by atoms with Gasteiger partial charge in [-0.05, 0) is 40.0 Å². The summed E-state index contributed by atoms with van der Waals surface area (Å²) in [4.78, 5) is 8.10. The SMILES string of the molecule is CCc1ccc(Oc2nc(N)cc(Br)n2)c(OC)c1. The maximum atomic E-state index is 5.64. The zero-order chi connectivity index (χ0) is 13.8. The molecule has 0 saturated carbocycles. The first-order valence-corrected chi connectivity index (χ1v) is 6.56. The Morgan fingerprint density at radius 1 is 1.21 bits per heavy atom. The van der Waals surface area contributed by atoms with E-state index in [1.165, 1.54) is 5.56 Å². The van der Waals surface area contributed by atoms with E-state index in [0.717, 1.165) is 6.42 Å². The number of rotatable bonds is 4. The number of nitrogens with zero attached hydrogens (tertiary/aromatic N) is 2. The first-order valence-electron chi connectivity index (χ1n) is 5.77.